The summed E-state index contributed by atoms with van der Waals surface area (Å²) in [6, 6.07) is 7.71. The first-order valence-electron chi connectivity index (χ1n) is 8.93. The molecule has 1 aliphatic heterocycles. The molecule has 26 heavy (non-hydrogen) atoms. The summed E-state index contributed by atoms with van der Waals surface area (Å²) in [5.41, 5.74) is 1.93. The Balaban J connectivity index is 1.47. The van der Waals surface area contributed by atoms with E-state index in [1.54, 1.807) is 12.5 Å². The number of hydrogen-bond donors (Lipinski definition) is 3. The average molecular weight is 355 g/mol. The van der Waals surface area contributed by atoms with E-state index in [0.717, 1.165) is 11.3 Å². The van der Waals surface area contributed by atoms with Gasteiger partial charge in [-0.3, -0.25) is 9.59 Å². The summed E-state index contributed by atoms with van der Waals surface area (Å²) in [5.74, 6) is -0.461. The number of carbonyl (C=O) groups is 2. The normalized spacial score (nSPS) is 19.7. The number of amides is 2. The maximum absolute atomic E-state index is 12.5. The molecule has 138 valence electrons. The van der Waals surface area contributed by atoms with E-state index in [1.165, 1.54) is 0 Å². The summed E-state index contributed by atoms with van der Waals surface area (Å²) in [6.45, 7) is 4.43. The number of piperidine rings is 1. The maximum atomic E-state index is 12.5. The molecule has 2 heterocycles. The minimum atomic E-state index is -0.213. The minimum absolute atomic E-state index is 0.00884. The molecule has 0 aliphatic carbocycles. The topological polar surface area (TPSA) is 88.0 Å². The molecule has 0 bridgehead atoms. The molecule has 1 saturated heterocycles. The fourth-order valence-electron chi connectivity index (χ4n) is 3.09. The Morgan fingerprint density at radius 1 is 1.19 bits per heavy atom. The zero-order valence-electron chi connectivity index (χ0n) is 14.9. The minimum Gasteiger partial charge on any atom is -0.354 e. The quantitative estimate of drug-likeness (QED) is 0.726. The molecule has 0 unspecified atom stereocenters. The highest BCUT2D eigenvalue weighted by Crippen LogP contribution is 2.19. The molecule has 2 atom stereocenters. The SMILES string of the molecule is Cc1ccc(NC(=O)[C@@H]2CNC[C@H](C(=O)NCCn3ccnc3)C2)cc1. The Hall–Kier alpha value is -2.67. The predicted octanol–water partition coefficient (Wildman–Crippen LogP) is 1.17. The van der Waals surface area contributed by atoms with Crippen molar-refractivity contribution in [2.45, 2.75) is 19.9 Å². The van der Waals surface area contributed by atoms with Crippen molar-refractivity contribution in [3.63, 3.8) is 0 Å². The Bertz CT molecular complexity index is 727. The first-order chi connectivity index (χ1) is 12.6. The molecule has 2 amide bonds. The van der Waals surface area contributed by atoms with Crippen LogP contribution in [-0.4, -0.2) is 41.0 Å². The van der Waals surface area contributed by atoms with Crippen LogP contribution in [0.2, 0.25) is 0 Å². The van der Waals surface area contributed by atoms with Crippen LogP contribution in [0.25, 0.3) is 0 Å². The molecule has 3 rings (SSSR count). The van der Waals surface area contributed by atoms with Gasteiger partial charge in [-0.2, -0.15) is 0 Å². The van der Waals surface area contributed by atoms with Crippen LogP contribution in [0.15, 0.2) is 43.0 Å². The number of nitrogens with zero attached hydrogens (tertiary/aromatic N) is 2. The van der Waals surface area contributed by atoms with Gasteiger partial charge in [-0.05, 0) is 25.5 Å². The number of aromatic nitrogens is 2. The van der Waals surface area contributed by atoms with Crippen LogP contribution in [0.4, 0.5) is 5.69 Å². The van der Waals surface area contributed by atoms with Crippen molar-refractivity contribution >= 4 is 17.5 Å². The Morgan fingerprint density at radius 2 is 1.92 bits per heavy atom. The molecule has 1 aromatic heterocycles. The summed E-state index contributed by atoms with van der Waals surface area (Å²) >= 11 is 0. The van der Waals surface area contributed by atoms with E-state index in [0.29, 0.717) is 32.6 Å². The molecule has 1 aromatic carbocycles. The van der Waals surface area contributed by atoms with Crippen molar-refractivity contribution in [3.05, 3.63) is 48.5 Å². The van der Waals surface area contributed by atoms with Crippen molar-refractivity contribution in [2.75, 3.05) is 25.0 Å². The third kappa shape index (κ3) is 4.92. The number of carbonyl (C=O) groups excluding carboxylic acids is 2. The van der Waals surface area contributed by atoms with Crippen LogP contribution in [-0.2, 0) is 16.1 Å². The Labute approximate surface area is 153 Å². The van der Waals surface area contributed by atoms with Crippen molar-refractivity contribution in [1.29, 1.82) is 0 Å². The lowest BCUT2D eigenvalue weighted by Crippen LogP contribution is -2.47. The summed E-state index contributed by atoms with van der Waals surface area (Å²) in [4.78, 5) is 28.9. The fourth-order valence-corrected chi connectivity index (χ4v) is 3.09. The molecule has 2 aromatic rings. The second-order valence-electron chi connectivity index (χ2n) is 6.73. The van der Waals surface area contributed by atoms with Gasteiger partial charge in [0.1, 0.15) is 0 Å². The van der Waals surface area contributed by atoms with Gasteiger partial charge in [0.2, 0.25) is 11.8 Å². The average Bonchev–Trinajstić information content (AvgIpc) is 3.17. The van der Waals surface area contributed by atoms with Gasteiger partial charge in [0.25, 0.3) is 0 Å². The van der Waals surface area contributed by atoms with Gasteiger partial charge in [-0.1, -0.05) is 17.7 Å². The van der Waals surface area contributed by atoms with E-state index in [-0.39, 0.29) is 23.7 Å². The van der Waals surface area contributed by atoms with Crippen LogP contribution in [0.5, 0.6) is 0 Å². The van der Waals surface area contributed by atoms with E-state index in [9.17, 15) is 9.59 Å². The second kappa shape index (κ2) is 8.62. The zero-order chi connectivity index (χ0) is 18.4. The number of hydrogen-bond acceptors (Lipinski definition) is 4. The molecule has 1 fully saturated rings. The first kappa shape index (κ1) is 18.1. The van der Waals surface area contributed by atoms with Crippen molar-refractivity contribution in [2.24, 2.45) is 11.8 Å². The van der Waals surface area contributed by atoms with Gasteiger partial charge in [-0.15, -0.1) is 0 Å². The van der Waals surface area contributed by atoms with E-state index in [1.807, 2.05) is 42.0 Å². The lowest BCUT2D eigenvalue weighted by Gasteiger charge is -2.28. The smallest absolute Gasteiger partial charge is 0.228 e. The molecule has 0 spiro atoms. The highest BCUT2D eigenvalue weighted by molar-refractivity contribution is 5.93. The van der Waals surface area contributed by atoms with E-state index >= 15 is 0 Å². The van der Waals surface area contributed by atoms with Crippen LogP contribution in [0, 0.1) is 18.8 Å². The van der Waals surface area contributed by atoms with Gasteiger partial charge in [0, 0.05) is 44.3 Å². The highest BCUT2D eigenvalue weighted by atomic mass is 16.2. The summed E-state index contributed by atoms with van der Waals surface area (Å²) < 4.78 is 1.91. The zero-order valence-corrected chi connectivity index (χ0v) is 14.9. The number of aryl methyl sites for hydroxylation is 1. The standard InChI is InChI=1S/C19H25N5O2/c1-14-2-4-17(5-3-14)23-19(26)16-10-15(11-21-12-16)18(25)22-7-9-24-8-6-20-13-24/h2-6,8,13,15-16,21H,7,9-12H2,1H3,(H,22,25)(H,23,26)/t15-,16+/m1/s1. The molecule has 0 saturated carbocycles. The summed E-state index contributed by atoms with van der Waals surface area (Å²) in [7, 11) is 0. The van der Waals surface area contributed by atoms with Gasteiger partial charge in [-0.25, -0.2) is 4.98 Å². The van der Waals surface area contributed by atoms with Gasteiger partial charge in [0.15, 0.2) is 0 Å². The molecule has 1 aliphatic rings. The largest absolute Gasteiger partial charge is 0.354 e. The molecule has 0 radical (unpaired) electrons. The number of nitrogens with one attached hydrogen (secondary N) is 3. The van der Waals surface area contributed by atoms with Crippen molar-refractivity contribution < 1.29 is 9.59 Å². The molecular formula is C19H25N5O2. The van der Waals surface area contributed by atoms with Crippen LogP contribution >= 0.6 is 0 Å². The van der Waals surface area contributed by atoms with Crippen LogP contribution < -0.4 is 16.0 Å². The lowest BCUT2D eigenvalue weighted by molar-refractivity contribution is -0.127. The maximum Gasteiger partial charge on any atom is 0.228 e. The van der Waals surface area contributed by atoms with Gasteiger partial charge >= 0.3 is 0 Å². The van der Waals surface area contributed by atoms with Gasteiger partial charge in [0.05, 0.1) is 18.2 Å². The fraction of sp³-hybridized carbons (Fsp3) is 0.421. The number of rotatable bonds is 6. The van der Waals surface area contributed by atoms with Crippen molar-refractivity contribution in [1.82, 2.24) is 20.2 Å². The number of imidazole rings is 1. The first-order valence-corrected chi connectivity index (χ1v) is 8.93. The van der Waals surface area contributed by atoms with E-state index in [2.05, 4.69) is 20.9 Å². The molecule has 7 heteroatoms. The third-order valence-corrected chi connectivity index (χ3v) is 4.64. The molecule has 3 N–H and O–H groups in total. The number of anilines is 1. The molecule has 7 nitrogen and oxygen atoms in total. The predicted molar refractivity (Wildman–Crippen MR) is 99.5 cm³/mol. The van der Waals surface area contributed by atoms with Crippen LogP contribution in [0.3, 0.4) is 0 Å². The summed E-state index contributed by atoms with van der Waals surface area (Å²) in [6.07, 6.45) is 5.85. The third-order valence-electron chi connectivity index (χ3n) is 4.64. The number of benzene rings is 1. The lowest BCUT2D eigenvalue weighted by atomic mass is 9.89. The van der Waals surface area contributed by atoms with Gasteiger partial charge < -0.3 is 20.5 Å². The Morgan fingerprint density at radius 3 is 2.62 bits per heavy atom. The van der Waals surface area contributed by atoms with E-state index in [4.69, 9.17) is 0 Å². The second-order valence-corrected chi connectivity index (χ2v) is 6.73. The Kier molecular flexibility index (Phi) is 6.01. The van der Waals surface area contributed by atoms with E-state index < -0.39 is 0 Å². The van der Waals surface area contributed by atoms with Crippen molar-refractivity contribution in [3.8, 4) is 0 Å². The highest BCUT2D eigenvalue weighted by Gasteiger charge is 2.30. The van der Waals surface area contributed by atoms with Crippen LogP contribution in [0.1, 0.15) is 12.0 Å². The monoisotopic (exact) mass is 355 g/mol. The summed E-state index contributed by atoms with van der Waals surface area (Å²) in [5, 5.41) is 9.09. The molecular weight excluding hydrogens is 330 g/mol.